The fourth-order valence-corrected chi connectivity index (χ4v) is 1.96. The van der Waals surface area contributed by atoms with Gasteiger partial charge in [-0.1, -0.05) is 30.3 Å². The van der Waals surface area contributed by atoms with Gasteiger partial charge in [0.05, 0.1) is 6.61 Å². The Morgan fingerprint density at radius 3 is 2.67 bits per heavy atom. The quantitative estimate of drug-likeness (QED) is 0.887. The molecule has 0 saturated heterocycles. The molecule has 110 valence electrons. The van der Waals surface area contributed by atoms with Gasteiger partial charge in [-0.05, 0) is 24.6 Å². The molecule has 1 aromatic heterocycles. The topological polar surface area (TPSA) is 60.5 Å². The Hall–Kier alpha value is -2.40. The van der Waals surface area contributed by atoms with Crippen LogP contribution in [-0.4, -0.2) is 24.6 Å². The fourth-order valence-electron chi connectivity index (χ4n) is 1.96. The first-order chi connectivity index (χ1) is 10.3. The van der Waals surface area contributed by atoms with Crippen molar-refractivity contribution in [1.82, 2.24) is 4.98 Å². The number of carbonyl (C=O) groups excluding carboxylic acids is 1. The molecule has 5 heteroatoms. The average Bonchev–Trinajstić information content (AvgIpc) is 2.51. The minimum Gasteiger partial charge on any atom is -0.476 e. The van der Waals surface area contributed by atoms with Crippen LogP contribution in [0.1, 0.15) is 18.6 Å². The summed E-state index contributed by atoms with van der Waals surface area (Å²) >= 11 is 0. The third-order valence-corrected chi connectivity index (χ3v) is 2.89. The maximum Gasteiger partial charge on any atom is 0.258 e. The van der Waals surface area contributed by atoms with Crippen molar-refractivity contribution in [1.29, 1.82) is 0 Å². The molecule has 0 spiro atoms. The van der Waals surface area contributed by atoms with E-state index in [-0.39, 0.29) is 5.91 Å². The maximum absolute atomic E-state index is 12.4. The van der Waals surface area contributed by atoms with Crippen LogP contribution < -0.4 is 10.1 Å². The van der Waals surface area contributed by atoms with Crippen molar-refractivity contribution in [2.45, 2.75) is 13.0 Å². The van der Waals surface area contributed by atoms with Gasteiger partial charge in [0.1, 0.15) is 5.69 Å². The number of hydrogen-bond donors (Lipinski definition) is 1. The highest BCUT2D eigenvalue weighted by atomic mass is 16.5. The van der Waals surface area contributed by atoms with Crippen molar-refractivity contribution in [2.24, 2.45) is 0 Å². The Morgan fingerprint density at radius 1 is 1.24 bits per heavy atom. The Bertz CT molecular complexity index is 587. The van der Waals surface area contributed by atoms with Gasteiger partial charge in [0.2, 0.25) is 5.88 Å². The van der Waals surface area contributed by atoms with E-state index in [2.05, 4.69) is 10.3 Å². The molecule has 2 rings (SSSR count). The lowest BCUT2D eigenvalue weighted by Gasteiger charge is -2.16. The van der Waals surface area contributed by atoms with Gasteiger partial charge in [0.15, 0.2) is 6.10 Å². The summed E-state index contributed by atoms with van der Waals surface area (Å²) in [4.78, 5) is 16.5. The third kappa shape index (κ3) is 3.79. The van der Waals surface area contributed by atoms with Crippen LogP contribution in [0.25, 0.3) is 0 Å². The zero-order valence-corrected chi connectivity index (χ0v) is 12.1. The Kier molecular flexibility index (Phi) is 5.29. The number of aromatic nitrogens is 1. The van der Waals surface area contributed by atoms with E-state index in [4.69, 9.17) is 9.47 Å². The van der Waals surface area contributed by atoms with E-state index in [0.717, 1.165) is 5.56 Å². The average molecular weight is 286 g/mol. The van der Waals surface area contributed by atoms with Gasteiger partial charge < -0.3 is 14.8 Å². The van der Waals surface area contributed by atoms with E-state index in [1.807, 2.05) is 37.3 Å². The lowest BCUT2D eigenvalue weighted by molar-refractivity contribution is -0.126. The summed E-state index contributed by atoms with van der Waals surface area (Å²) < 4.78 is 10.7. The molecule has 1 atom stereocenters. The maximum atomic E-state index is 12.4. The van der Waals surface area contributed by atoms with E-state index in [0.29, 0.717) is 18.2 Å². The van der Waals surface area contributed by atoms with E-state index in [1.165, 1.54) is 7.11 Å². The van der Waals surface area contributed by atoms with Crippen LogP contribution in [0.4, 0.5) is 5.69 Å². The van der Waals surface area contributed by atoms with Gasteiger partial charge in [-0.3, -0.25) is 4.79 Å². The van der Waals surface area contributed by atoms with Crippen molar-refractivity contribution < 1.29 is 14.3 Å². The largest absolute Gasteiger partial charge is 0.476 e. The van der Waals surface area contributed by atoms with Crippen LogP contribution in [-0.2, 0) is 9.53 Å². The van der Waals surface area contributed by atoms with E-state index in [9.17, 15) is 4.79 Å². The molecule has 0 bridgehead atoms. The monoisotopic (exact) mass is 286 g/mol. The van der Waals surface area contributed by atoms with Gasteiger partial charge in [-0.15, -0.1) is 0 Å². The third-order valence-electron chi connectivity index (χ3n) is 2.89. The van der Waals surface area contributed by atoms with Gasteiger partial charge in [-0.25, -0.2) is 4.98 Å². The zero-order chi connectivity index (χ0) is 15.1. The van der Waals surface area contributed by atoms with Crippen LogP contribution in [0.5, 0.6) is 5.88 Å². The first-order valence-corrected chi connectivity index (χ1v) is 6.72. The molecule has 0 fully saturated rings. The Labute approximate surface area is 123 Å². The summed E-state index contributed by atoms with van der Waals surface area (Å²) in [5, 5.41) is 2.79. The van der Waals surface area contributed by atoms with Gasteiger partial charge >= 0.3 is 0 Å². The number of nitrogens with one attached hydrogen (secondary N) is 1. The fraction of sp³-hybridized carbons (Fsp3) is 0.250. The summed E-state index contributed by atoms with van der Waals surface area (Å²) in [6.07, 6.45) is 0.937. The molecule has 1 amide bonds. The number of benzene rings is 1. The first-order valence-electron chi connectivity index (χ1n) is 6.72. The van der Waals surface area contributed by atoms with Crippen LogP contribution in [0, 0.1) is 0 Å². The number of nitrogens with zero attached hydrogens (tertiary/aromatic N) is 1. The number of carbonyl (C=O) groups is 1. The molecular formula is C16H18N2O3. The molecule has 1 heterocycles. The standard InChI is InChI=1S/C16H18N2O3/c1-3-21-16-13(10-7-11-17-16)18-15(19)14(20-2)12-8-5-4-6-9-12/h4-11,14H,3H2,1-2H3,(H,18,19)/t14-/m1/s1. The molecule has 1 aromatic carbocycles. The number of hydrogen-bond acceptors (Lipinski definition) is 4. The molecule has 0 aliphatic carbocycles. The van der Waals surface area contributed by atoms with Crippen molar-refractivity contribution >= 4 is 11.6 Å². The zero-order valence-electron chi connectivity index (χ0n) is 12.1. The van der Waals surface area contributed by atoms with Crippen molar-refractivity contribution in [3.05, 3.63) is 54.2 Å². The number of rotatable bonds is 6. The minimum atomic E-state index is -0.680. The van der Waals surface area contributed by atoms with Gasteiger partial charge in [0, 0.05) is 13.3 Å². The highest BCUT2D eigenvalue weighted by Gasteiger charge is 2.21. The second-order valence-corrected chi connectivity index (χ2v) is 4.30. The SMILES string of the molecule is CCOc1ncccc1NC(=O)[C@H](OC)c1ccccc1. The highest BCUT2D eigenvalue weighted by molar-refractivity contribution is 5.95. The van der Waals surface area contributed by atoms with Crippen molar-refractivity contribution in [3.63, 3.8) is 0 Å². The minimum absolute atomic E-state index is 0.266. The number of amides is 1. The highest BCUT2D eigenvalue weighted by Crippen LogP contribution is 2.24. The second kappa shape index (κ2) is 7.40. The van der Waals surface area contributed by atoms with Gasteiger partial charge in [0.25, 0.3) is 5.91 Å². The number of pyridine rings is 1. The predicted octanol–water partition coefficient (Wildman–Crippen LogP) is 2.81. The molecule has 2 aromatic rings. The summed E-state index contributed by atoms with van der Waals surface area (Å²) in [6.45, 7) is 2.34. The lowest BCUT2D eigenvalue weighted by atomic mass is 10.1. The van der Waals surface area contributed by atoms with Crippen LogP contribution in [0.3, 0.4) is 0 Å². The Balaban J connectivity index is 2.17. The van der Waals surface area contributed by atoms with Crippen LogP contribution in [0.15, 0.2) is 48.7 Å². The molecule has 0 unspecified atom stereocenters. The van der Waals surface area contributed by atoms with E-state index < -0.39 is 6.10 Å². The molecule has 0 aliphatic heterocycles. The Morgan fingerprint density at radius 2 is 2.00 bits per heavy atom. The van der Waals surface area contributed by atoms with Crippen LogP contribution >= 0.6 is 0 Å². The first kappa shape index (κ1) is 15.0. The molecule has 1 N–H and O–H groups in total. The normalized spacial score (nSPS) is 11.7. The molecule has 0 radical (unpaired) electrons. The summed E-state index contributed by atoms with van der Waals surface area (Å²) in [7, 11) is 1.50. The number of anilines is 1. The van der Waals surface area contributed by atoms with Crippen LogP contribution in [0.2, 0.25) is 0 Å². The van der Waals surface area contributed by atoms with E-state index >= 15 is 0 Å². The summed E-state index contributed by atoms with van der Waals surface area (Å²) in [5.74, 6) is 0.133. The smallest absolute Gasteiger partial charge is 0.258 e. The second-order valence-electron chi connectivity index (χ2n) is 4.30. The van der Waals surface area contributed by atoms with Crippen molar-refractivity contribution in [2.75, 3.05) is 19.0 Å². The van der Waals surface area contributed by atoms with E-state index in [1.54, 1.807) is 18.3 Å². The number of methoxy groups -OCH3 is 1. The lowest BCUT2D eigenvalue weighted by Crippen LogP contribution is -2.23. The molecule has 0 saturated carbocycles. The number of ether oxygens (including phenoxy) is 2. The molecule has 5 nitrogen and oxygen atoms in total. The summed E-state index contributed by atoms with van der Waals surface area (Å²) in [5.41, 5.74) is 1.32. The summed E-state index contributed by atoms with van der Waals surface area (Å²) in [6, 6.07) is 12.8. The predicted molar refractivity (Wildman–Crippen MR) is 80.2 cm³/mol. The van der Waals surface area contributed by atoms with Gasteiger partial charge in [-0.2, -0.15) is 0 Å². The molecule has 0 aliphatic rings. The molecule has 21 heavy (non-hydrogen) atoms. The van der Waals surface area contributed by atoms with Crippen molar-refractivity contribution in [3.8, 4) is 5.88 Å². The molecular weight excluding hydrogens is 268 g/mol.